The molecule has 0 radical (unpaired) electrons. The average Bonchev–Trinajstić information content (AvgIpc) is 2.83. The number of rotatable bonds is 1. The van der Waals surface area contributed by atoms with Crippen LogP contribution < -0.4 is 5.73 Å². The van der Waals surface area contributed by atoms with Gasteiger partial charge in [0.25, 0.3) is 0 Å². The zero-order valence-corrected chi connectivity index (χ0v) is 12.5. The fraction of sp³-hybridized carbons (Fsp3) is 0.471. The number of hydrogen-bond acceptors (Lipinski definition) is 2. The average molecular weight is 269 g/mol. The minimum absolute atomic E-state index is 0.120. The molecule has 3 N–H and O–H groups in total. The van der Waals surface area contributed by atoms with E-state index in [1.165, 1.54) is 16.8 Å². The first-order valence-electron chi connectivity index (χ1n) is 7.40. The van der Waals surface area contributed by atoms with Gasteiger partial charge in [-0.05, 0) is 30.2 Å². The van der Waals surface area contributed by atoms with Crippen molar-refractivity contribution in [3.05, 3.63) is 41.1 Å². The quantitative estimate of drug-likeness (QED) is 0.829. The van der Waals surface area contributed by atoms with E-state index in [4.69, 9.17) is 5.73 Å². The third-order valence-electron chi connectivity index (χ3n) is 4.22. The summed E-state index contributed by atoms with van der Waals surface area (Å²) >= 11 is 0. The van der Waals surface area contributed by atoms with Gasteiger partial charge in [-0.15, -0.1) is 0 Å². The smallest absolute Gasteiger partial charge is 0.0971 e. The van der Waals surface area contributed by atoms with Gasteiger partial charge >= 0.3 is 0 Å². The molecule has 2 aromatic rings. The van der Waals surface area contributed by atoms with E-state index in [0.717, 1.165) is 30.5 Å². The van der Waals surface area contributed by atoms with Gasteiger partial charge in [0.1, 0.15) is 0 Å². The number of aromatic nitrogens is 2. The maximum absolute atomic E-state index is 6.27. The van der Waals surface area contributed by atoms with Gasteiger partial charge in [0.05, 0.1) is 5.69 Å². The molecule has 0 aliphatic heterocycles. The van der Waals surface area contributed by atoms with Crippen molar-refractivity contribution in [2.45, 2.75) is 51.5 Å². The number of nitrogens with one attached hydrogen (secondary N) is 1. The molecular weight excluding hydrogens is 246 g/mol. The van der Waals surface area contributed by atoms with Crippen molar-refractivity contribution in [3.8, 4) is 11.3 Å². The van der Waals surface area contributed by atoms with Crippen LogP contribution in [0.3, 0.4) is 0 Å². The number of nitrogens with two attached hydrogens (primary N) is 1. The molecule has 1 unspecified atom stereocenters. The molecule has 1 atom stereocenters. The largest absolute Gasteiger partial charge is 0.324 e. The van der Waals surface area contributed by atoms with Crippen LogP contribution in [-0.4, -0.2) is 10.2 Å². The Morgan fingerprint density at radius 1 is 1.20 bits per heavy atom. The van der Waals surface area contributed by atoms with Crippen molar-refractivity contribution >= 4 is 0 Å². The molecule has 0 bridgehead atoms. The lowest BCUT2D eigenvalue weighted by atomic mass is 9.85. The van der Waals surface area contributed by atoms with Gasteiger partial charge in [-0.3, -0.25) is 5.10 Å². The zero-order valence-electron chi connectivity index (χ0n) is 12.5. The molecule has 1 aromatic carbocycles. The number of H-pyrrole nitrogens is 1. The lowest BCUT2D eigenvalue weighted by molar-refractivity contribution is 0.567. The highest BCUT2D eigenvalue weighted by Gasteiger charge is 2.24. The van der Waals surface area contributed by atoms with Crippen molar-refractivity contribution < 1.29 is 0 Å². The summed E-state index contributed by atoms with van der Waals surface area (Å²) in [5, 5.41) is 7.68. The minimum atomic E-state index is 0.120. The van der Waals surface area contributed by atoms with Gasteiger partial charge in [0.2, 0.25) is 0 Å². The molecule has 20 heavy (non-hydrogen) atoms. The number of hydrogen-bond donors (Lipinski definition) is 2. The molecule has 0 fully saturated rings. The Kier molecular flexibility index (Phi) is 3.17. The van der Waals surface area contributed by atoms with Crippen LogP contribution >= 0.6 is 0 Å². The molecule has 3 nitrogen and oxygen atoms in total. The van der Waals surface area contributed by atoms with E-state index in [1.54, 1.807) is 0 Å². The summed E-state index contributed by atoms with van der Waals surface area (Å²) in [7, 11) is 0. The fourth-order valence-electron chi connectivity index (χ4n) is 2.97. The van der Waals surface area contributed by atoms with E-state index in [9.17, 15) is 0 Å². The molecule has 106 valence electrons. The SMILES string of the molecule is CC(C)(C)c1ccc(-c2n[nH]c3c2C(N)CCC3)cc1. The summed E-state index contributed by atoms with van der Waals surface area (Å²) in [6, 6.07) is 8.85. The van der Waals surface area contributed by atoms with Gasteiger partial charge < -0.3 is 5.73 Å². The Morgan fingerprint density at radius 2 is 1.90 bits per heavy atom. The summed E-state index contributed by atoms with van der Waals surface area (Å²) in [4.78, 5) is 0. The molecule has 1 aliphatic rings. The maximum atomic E-state index is 6.27. The number of fused-ring (bicyclic) bond motifs is 1. The molecule has 1 aliphatic carbocycles. The topological polar surface area (TPSA) is 54.7 Å². The standard InChI is InChI=1S/C17H23N3/c1-17(2,3)12-9-7-11(8-10-12)16-15-13(18)5-4-6-14(15)19-20-16/h7-10,13H,4-6,18H2,1-3H3,(H,19,20). The molecule has 1 aromatic heterocycles. The Hall–Kier alpha value is -1.61. The summed E-state index contributed by atoms with van der Waals surface area (Å²) in [5.74, 6) is 0. The number of aromatic amines is 1. The first kappa shape index (κ1) is 13.4. The Balaban J connectivity index is 2.00. The molecule has 1 heterocycles. The van der Waals surface area contributed by atoms with Crippen LogP contribution in [0.2, 0.25) is 0 Å². The van der Waals surface area contributed by atoms with Crippen molar-refractivity contribution in [2.75, 3.05) is 0 Å². The zero-order chi connectivity index (χ0) is 14.3. The lowest BCUT2D eigenvalue weighted by Gasteiger charge is -2.20. The van der Waals surface area contributed by atoms with Crippen LogP contribution in [0, 0.1) is 0 Å². The van der Waals surface area contributed by atoms with Gasteiger partial charge in [-0.25, -0.2) is 0 Å². The lowest BCUT2D eigenvalue weighted by Crippen LogP contribution is -2.17. The van der Waals surface area contributed by atoms with E-state index >= 15 is 0 Å². The molecular formula is C17H23N3. The number of aryl methyl sites for hydroxylation is 1. The van der Waals surface area contributed by atoms with Crippen LogP contribution in [0.4, 0.5) is 0 Å². The van der Waals surface area contributed by atoms with Crippen LogP contribution in [0.5, 0.6) is 0 Å². The fourth-order valence-corrected chi connectivity index (χ4v) is 2.97. The van der Waals surface area contributed by atoms with Crippen molar-refractivity contribution in [2.24, 2.45) is 5.73 Å². The van der Waals surface area contributed by atoms with E-state index in [-0.39, 0.29) is 11.5 Å². The van der Waals surface area contributed by atoms with Crippen LogP contribution in [0.15, 0.2) is 24.3 Å². The normalized spacial score (nSPS) is 18.9. The van der Waals surface area contributed by atoms with Crippen LogP contribution in [0.1, 0.15) is 56.5 Å². The van der Waals surface area contributed by atoms with Gasteiger partial charge in [-0.1, -0.05) is 45.0 Å². The predicted molar refractivity (Wildman–Crippen MR) is 82.6 cm³/mol. The van der Waals surface area contributed by atoms with Crippen molar-refractivity contribution in [1.82, 2.24) is 10.2 Å². The monoisotopic (exact) mass is 269 g/mol. The van der Waals surface area contributed by atoms with Crippen molar-refractivity contribution in [1.29, 1.82) is 0 Å². The molecule has 0 amide bonds. The van der Waals surface area contributed by atoms with E-state index in [1.807, 2.05) is 0 Å². The second-order valence-electron chi connectivity index (χ2n) is 6.79. The molecule has 0 spiro atoms. The molecule has 3 rings (SSSR count). The highest BCUT2D eigenvalue weighted by atomic mass is 15.1. The van der Waals surface area contributed by atoms with Gasteiger partial charge in [-0.2, -0.15) is 5.10 Å². The minimum Gasteiger partial charge on any atom is -0.324 e. The van der Waals surface area contributed by atoms with E-state index in [0.29, 0.717) is 0 Å². The summed E-state index contributed by atoms with van der Waals surface area (Å²) in [6.45, 7) is 6.69. The highest BCUT2D eigenvalue weighted by Crippen LogP contribution is 2.35. The Morgan fingerprint density at radius 3 is 2.55 bits per heavy atom. The van der Waals surface area contributed by atoms with Crippen LogP contribution in [-0.2, 0) is 11.8 Å². The number of benzene rings is 1. The third-order valence-corrected chi connectivity index (χ3v) is 4.22. The summed E-state index contributed by atoms with van der Waals surface area (Å²) < 4.78 is 0. The first-order valence-corrected chi connectivity index (χ1v) is 7.40. The van der Waals surface area contributed by atoms with E-state index in [2.05, 4.69) is 55.2 Å². The second kappa shape index (κ2) is 4.74. The third kappa shape index (κ3) is 2.27. The van der Waals surface area contributed by atoms with Crippen LogP contribution in [0.25, 0.3) is 11.3 Å². The summed E-state index contributed by atoms with van der Waals surface area (Å²) in [5.41, 5.74) is 12.4. The second-order valence-corrected chi connectivity index (χ2v) is 6.79. The molecule has 3 heteroatoms. The first-order chi connectivity index (χ1) is 9.47. The molecule has 0 saturated carbocycles. The van der Waals surface area contributed by atoms with E-state index < -0.39 is 0 Å². The van der Waals surface area contributed by atoms with Gasteiger partial charge in [0.15, 0.2) is 0 Å². The maximum Gasteiger partial charge on any atom is 0.0971 e. The van der Waals surface area contributed by atoms with Crippen molar-refractivity contribution in [3.63, 3.8) is 0 Å². The highest BCUT2D eigenvalue weighted by molar-refractivity contribution is 5.65. The Bertz CT molecular complexity index is 602. The molecule has 0 saturated heterocycles. The van der Waals surface area contributed by atoms with Gasteiger partial charge in [0, 0.05) is 22.9 Å². The predicted octanol–water partition coefficient (Wildman–Crippen LogP) is 3.71. The Labute approximate surface area is 120 Å². The summed E-state index contributed by atoms with van der Waals surface area (Å²) in [6.07, 6.45) is 3.27. The number of nitrogens with zero attached hydrogens (tertiary/aromatic N) is 1.